The molecule has 1 atom stereocenters. The van der Waals surface area contributed by atoms with Gasteiger partial charge in [-0.05, 0) is 23.3 Å². The van der Waals surface area contributed by atoms with E-state index in [2.05, 4.69) is 11.1 Å². The molecule has 1 aliphatic carbocycles. The number of fused-ring (bicyclic) bond motifs is 1. The van der Waals surface area contributed by atoms with Gasteiger partial charge in [-0.1, -0.05) is 19.9 Å². The number of nitrogens with two attached hydrogens (primary N) is 1. The maximum Gasteiger partial charge on any atom is 0.306 e. The van der Waals surface area contributed by atoms with Gasteiger partial charge in [0.15, 0.2) is 0 Å². The molecule has 0 spiro atoms. The van der Waals surface area contributed by atoms with E-state index >= 15 is 0 Å². The van der Waals surface area contributed by atoms with E-state index < -0.39 is 0 Å². The molecule has 0 amide bonds. The Labute approximate surface area is 107 Å². The molecule has 0 radical (unpaired) electrons. The zero-order valence-electron chi connectivity index (χ0n) is 10.9. The van der Waals surface area contributed by atoms with Crippen LogP contribution in [0.25, 0.3) is 12.2 Å². The molecule has 1 aromatic heterocycles. The van der Waals surface area contributed by atoms with Gasteiger partial charge in [0.25, 0.3) is 0 Å². The van der Waals surface area contributed by atoms with E-state index in [0.29, 0.717) is 18.9 Å². The van der Waals surface area contributed by atoms with Crippen LogP contribution in [0.5, 0.6) is 0 Å². The average Bonchev–Trinajstić information content (AvgIpc) is 2.69. The van der Waals surface area contributed by atoms with E-state index in [1.807, 2.05) is 26.0 Å². The van der Waals surface area contributed by atoms with Crippen LogP contribution in [0.2, 0.25) is 0 Å². The van der Waals surface area contributed by atoms with Crippen molar-refractivity contribution in [1.82, 2.24) is 4.98 Å². The Kier molecular flexibility index (Phi) is 3.87. The Bertz CT molecular complexity index is 543. The quantitative estimate of drug-likeness (QED) is 0.758. The normalized spacial score (nSPS) is 17.9. The molecule has 0 aliphatic heterocycles. The number of carbonyl (C=O) groups excluding carboxylic acids is 1. The van der Waals surface area contributed by atoms with Gasteiger partial charge in [-0.2, -0.15) is 0 Å². The summed E-state index contributed by atoms with van der Waals surface area (Å²) in [7, 11) is 0. The number of esters is 1. The molecule has 1 aromatic rings. The summed E-state index contributed by atoms with van der Waals surface area (Å²) in [6, 6.07) is 2.01. The Morgan fingerprint density at radius 2 is 2.39 bits per heavy atom. The lowest BCUT2D eigenvalue weighted by Gasteiger charge is -2.15. The summed E-state index contributed by atoms with van der Waals surface area (Å²) in [5.74, 6) is 0.203. The van der Waals surface area contributed by atoms with Crippen molar-refractivity contribution in [3.63, 3.8) is 0 Å². The second-order valence-electron chi connectivity index (χ2n) is 5.10. The lowest BCUT2D eigenvalue weighted by atomic mass is 10.1. The number of aromatic amines is 1. The molecule has 4 nitrogen and oxygen atoms in total. The Morgan fingerprint density at radius 1 is 1.61 bits per heavy atom. The van der Waals surface area contributed by atoms with Gasteiger partial charge in [-0.15, -0.1) is 0 Å². The topological polar surface area (TPSA) is 68.1 Å². The van der Waals surface area contributed by atoms with E-state index in [9.17, 15) is 4.79 Å². The fourth-order valence-corrected chi connectivity index (χ4v) is 2.10. The first kappa shape index (κ1) is 12.9. The third-order valence-electron chi connectivity index (χ3n) is 2.93. The minimum absolute atomic E-state index is 0.127. The fourth-order valence-electron chi connectivity index (χ4n) is 2.10. The maximum absolute atomic E-state index is 11.6. The first-order valence-electron chi connectivity index (χ1n) is 6.38. The highest BCUT2D eigenvalue weighted by Crippen LogP contribution is 2.09. The second-order valence-corrected chi connectivity index (χ2v) is 5.10. The van der Waals surface area contributed by atoms with E-state index in [-0.39, 0.29) is 12.1 Å². The standard InChI is InChI=1S/C14H20N2O2/c1-9(2)5-14(17)18-12-3-4-13-10(7-12)6-11(8-15)16-13/h4,6-7,9,12,16H,3,5,8,15H2,1-2H3/t12-/m0/s1. The Hall–Kier alpha value is -1.55. The van der Waals surface area contributed by atoms with E-state index in [1.165, 1.54) is 0 Å². The number of ether oxygens (including phenoxy) is 1. The molecule has 0 saturated carbocycles. The van der Waals surface area contributed by atoms with Gasteiger partial charge in [0.2, 0.25) is 0 Å². The third-order valence-corrected chi connectivity index (χ3v) is 2.93. The smallest absolute Gasteiger partial charge is 0.306 e. The van der Waals surface area contributed by atoms with Gasteiger partial charge in [0.1, 0.15) is 6.10 Å². The van der Waals surface area contributed by atoms with E-state index in [0.717, 1.165) is 22.7 Å². The number of rotatable bonds is 4. The van der Waals surface area contributed by atoms with Crippen molar-refractivity contribution in [3.8, 4) is 0 Å². The summed E-state index contributed by atoms with van der Waals surface area (Å²) in [6.07, 6.45) is 5.09. The maximum atomic E-state index is 11.6. The molecule has 0 fully saturated rings. The largest absolute Gasteiger partial charge is 0.458 e. The van der Waals surface area contributed by atoms with Crippen molar-refractivity contribution in [2.24, 2.45) is 11.7 Å². The van der Waals surface area contributed by atoms with Crippen molar-refractivity contribution in [2.75, 3.05) is 0 Å². The minimum Gasteiger partial charge on any atom is -0.458 e. The molecule has 0 aromatic carbocycles. The van der Waals surface area contributed by atoms with Crippen molar-refractivity contribution in [2.45, 2.75) is 39.3 Å². The summed E-state index contributed by atoms with van der Waals surface area (Å²) in [5.41, 5.74) is 6.59. The summed E-state index contributed by atoms with van der Waals surface area (Å²) in [4.78, 5) is 14.8. The van der Waals surface area contributed by atoms with Crippen LogP contribution in [0.1, 0.15) is 32.4 Å². The third kappa shape index (κ3) is 3.01. The van der Waals surface area contributed by atoms with E-state index in [1.54, 1.807) is 0 Å². The minimum atomic E-state index is -0.148. The molecular formula is C14H20N2O2. The highest BCUT2D eigenvalue weighted by molar-refractivity contribution is 5.70. The molecule has 18 heavy (non-hydrogen) atoms. The molecule has 0 bridgehead atoms. The number of H-pyrrole nitrogens is 1. The molecule has 1 heterocycles. The van der Waals surface area contributed by atoms with Crippen molar-refractivity contribution < 1.29 is 9.53 Å². The zero-order chi connectivity index (χ0) is 13.1. The first-order valence-corrected chi connectivity index (χ1v) is 6.38. The van der Waals surface area contributed by atoms with Gasteiger partial charge in [-0.25, -0.2) is 0 Å². The highest BCUT2D eigenvalue weighted by atomic mass is 16.5. The number of carbonyl (C=O) groups is 1. The Balaban J connectivity index is 2.08. The van der Waals surface area contributed by atoms with Gasteiger partial charge in [-0.3, -0.25) is 4.79 Å². The van der Waals surface area contributed by atoms with Gasteiger partial charge >= 0.3 is 5.97 Å². The molecule has 0 saturated heterocycles. The van der Waals surface area contributed by atoms with Gasteiger partial charge in [0, 0.05) is 30.4 Å². The van der Waals surface area contributed by atoms with Crippen molar-refractivity contribution >= 4 is 18.1 Å². The predicted molar refractivity (Wildman–Crippen MR) is 70.8 cm³/mol. The second kappa shape index (κ2) is 5.40. The van der Waals surface area contributed by atoms with Crippen LogP contribution in [0.4, 0.5) is 0 Å². The number of hydrogen-bond donors (Lipinski definition) is 2. The SMILES string of the molecule is CC(C)CC(=O)O[C@@H]1C=c2cc(CN)[nH]c2=CC1. The molecule has 98 valence electrons. The molecule has 4 heteroatoms. The summed E-state index contributed by atoms with van der Waals surface area (Å²) >= 11 is 0. The van der Waals surface area contributed by atoms with E-state index in [4.69, 9.17) is 10.5 Å². The lowest BCUT2D eigenvalue weighted by molar-refractivity contribution is -0.146. The summed E-state index contributed by atoms with van der Waals surface area (Å²) < 4.78 is 5.43. The van der Waals surface area contributed by atoms with Crippen molar-refractivity contribution in [1.29, 1.82) is 0 Å². The monoisotopic (exact) mass is 248 g/mol. The molecule has 0 unspecified atom stereocenters. The number of aromatic nitrogens is 1. The van der Waals surface area contributed by atoms with Crippen LogP contribution in [0.3, 0.4) is 0 Å². The Morgan fingerprint density at radius 3 is 3.06 bits per heavy atom. The summed E-state index contributed by atoms with van der Waals surface area (Å²) in [5, 5.41) is 2.15. The fraction of sp³-hybridized carbons (Fsp3) is 0.500. The molecule has 2 rings (SSSR count). The molecule has 1 aliphatic rings. The van der Waals surface area contributed by atoms with Crippen molar-refractivity contribution in [3.05, 3.63) is 22.3 Å². The highest BCUT2D eigenvalue weighted by Gasteiger charge is 2.14. The number of hydrogen-bond acceptors (Lipinski definition) is 3. The molecular weight excluding hydrogens is 228 g/mol. The van der Waals surface area contributed by atoms with Crippen LogP contribution < -0.4 is 16.3 Å². The van der Waals surface area contributed by atoms with Crippen LogP contribution in [0, 0.1) is 5.92 Å². The van der Waals surface area contributed by atoms with Crippen LogP contribution in [0.15, 0.2) is 6.07 Å². The van der Waals surface area contributed by atoms with Crippen LogP contribution >= 0.6 is 0 Å². The summed E-state index contributed by atoms with van der Waals surface area (Å²) in [6.45, 7) is 4.51. The predicted octanol–water partition coefficient (Wildman–Crippen LogP) is 0.396. The van der Waals surface area contributed by atoms with Crippen LogP contribution in [-0.2, 0) is 16.1 Å². The molecule has 3 N–H and O–H groups in total. The van der Waals surface area contributed by atoms with Crippen LogP contribution in [-0.4, -0.2) is 17.1 Å². The van der Waals surface area contributed by atoms with Gasteiger partial charge < -0.3 is 15.5 Å². The first-order chi connectivity index (χ1) is 8.58. The lowest BCUT2D eigenvalue weighted by Crippen LogP contribution is -2.31. The zero-order valence-corrected chi connectivity index (χ0v) is 10.9. The van der Waals surface area contributed by atoms with Gasteiger partial charge in [0.05, 0.1) is 0 Å². The number of nitrogens with one attached hydrogen (secondary N) is 1. The average molecular weight is 248 g/mol.